The SMILES string of the molecule is CCCCCCCCCNC1CCCCC1SC. The van der Waals surface area contributed by atoms with Gasteiger partial charge in [-0.05, 0) is 32.1 Å². The van der Waals surface area contributed by atoms with Crippen molar-refractivity contribution >= 4 is 11.8 Å². The van der Waals surface area contributed by atoms with Crippen LogP contribution in [0.4, 0.5) is 0 Å². The van der Waals surface area contributed by atoms with Gasteiger partial charge in [-0.3, -0.25) is 0 Å². The van der Waals surface area contributed by atoms with Gasteiger partial charge in [0.25, 0.3) is 0 Å². The molecule has 1 nitrogen and oxygen atoms in total. The Hall–Kier alpha value is 0.310. The van der Waals surface area contributed by atoms with Gasteiger partial charge in [0, 0.05) is 11.3 Å². The zero-order valence-electron chi connectivity index (χ0n) is 12.5. The van der Waals surface area contributed by atoms with Crippen molar-refractivity contribution in [2.24, 2.45) is 0 Å². The van der Waals surface area contributed by atoms with E-state index in [2.05, 4.69) is 30.3 Å². The van der Waals surface area contributed by atoms with Gasteiger partial charge in [0.05, 0.1) is 0 Å². The molecule has 0 aromatic heterocycles. The van der Waals surface area contributed by atoms with Crippen molar-refractivity contribution in [2.75, 3.05) is 12.8 Å². The first kappa shape index (κ1) is 16.4. The molecule has 1 fully saturated rings. The predicted octanol–water partition coefficient (Wildman–Crippen LogP) is 5.00. The first-order valence-corrected chi connectivity index (χ1v) is 9.43. The number of unbranched alkanes of at least 4 members (excludes halogenated alkanes) is 6. The Kier molecular flexibility index (Phi) is 10.1. The lowest BCUT2D eigenvalue weighted by Gasteiger charge is -2.31. The molecular formula is C16H33NS. The average Bonchev–Trinajstić information content (AvgIpc) is 2.42. The molecule has 0 aliphatic heterocycles. The van der Waals surface area contributed by atoms with Gasteiger partial charge in [0.1, 0.15) is 0 Å². The summed E-state index contributed by atoms with van der Waals surface area (Å²) in [6.45, 7) is 3.53. The fraction of sp³-hybridized carbons (Fsp3) is 1.00. The second kappa shape index (κ2) is 11.2. The van der Waals surface area contributed by atoms with Crippen LogP contribution in [0.5, 0.6) is 0 Å². The van der Waals surface area contributed by atoms with Crippen LogP contribution in [-0.2, 0) is 0 Å². The van der Waals surface area contributed by atoms with Gasteiger partial charge in [-0.15, -0.1) is 0 Å². The van der Waals surface area contributed by atoms with Crippen molar-refractivity contribution in [2.45, 2.75) is 88.8 Å². The smallest absolute Gasteiger partial charge is 0.0198 e. The Morgan fingerprint density at radius 3 is 2.33 bits per heavy atom. The summed E-state index contributed by atoms with van der Waals surface area (Å²) >= 11 is 2.07. The molecule has 1 N–H and O–H groups in total. The minimum atomic E-state index is 0.800. The first-order valence-electron chi connectivity index (χ1n) is 8.14. The normalized spacial score (nSPS) is 24.3. The van der Waals surface area contributed by atoms with Crippen LogP contribution >= 0.6 is 11.8 Å². The second-order valence-electron chi connectivity index (χ2n) is 5.74. The summed E-state index contributed by atoms with van der Waals surface area (Å²) in [5.41, 5.74) is 0. The fourth-order valence-corrected chi connectivity index (χ4v) is 3.95. The number of nitrogens with one attached hydrogen (secondary N) is 1. The largest absolute Gasteiger partial charge is 0.313 e. The lowest BCUT2D eigenvalue weighted by Crippen LogP contribution is -2.40. The van der Waals surface area contributed by atoms with E-state index in [0.29, 0.717) is 0 Å². The highest BCUT2D eigenvalue weighted by molar-refractivity contribution is 7.99. The Balaban J connectivity index is 1.93. The Morgan fingerprint density at radius 2 is 1.61 bits per heavy atom. The zero-order chi connectivity index (χ0) is 13.1. The van der Waals surface area contributed by atoms with E-state index in [0.717, 1.165) is 11.3 Å². The quantitative estimate of drug-likeness (QED) is 0.561. The highest BCUT2D eigenvalue weighted by Gasteiger charge is 2.23. The topological polar surface area (TPSA) is 12.0 Å². The van der Waals surface area contributed by atoms with Crippen LogP contribution in [0.3, 0.4) is 0 Å². The van der Waals surface area contributed by atoms with E-state index in [1.807, 2.05) is 0 Å². The number of hydrogen-bond donors (Lipinski definition) is 1. The van der Waals surface area contributed by atoms with Crippen LogP contribution in [0, 0.1) is 0 Å². The third-order valence-corrected chi connectivity index (χ3v) is 5.36. The highest BCUT2D eigenvalue weighted by Crippen LogP contribution is 2.27. The van der Waals surface area contributed by atoms with Crippen molar-refractivity contribution in [3.8, 4) is 0 Å². The summed E-state index contributed by atoms with van der Waals surface area (Å²) in [7, 11) is 0. The van der Waals surface area contributed by atoms with Crippen molar-refractivity contribution in [1.29, 1.82) is 0 Å². The van der Waals surface area contributed by atoms with Crippen molar-refractivity contribution in [3.63, 3.8) is 0 Å². The fourth-order valence-electron chi connectivity index (χ4n) is 2.98. The van der Waals surface area contributed by atoms with Crippen LogP contribution < -0.4 is 5.32 Å². The molecule has 1 saturated carbocycles. The number of hydrogen-bond acceptors (Lipinski definition) is 2. The zero-order valence-corrected chi connectivity index (χ0v) is 13.4. The van der Waals surface area contributed by atoms with Gasteiger partial charge in [0.2, 0.25) is 0 Å². The van der Waals surface area contributed by atoms with Gasteiger partial charge < -0.3 is 5.32 Å². The monoisotopic (exact) mass is 271 g/mol. The van der Waals surface area contributed by atoms with Gasteiger partial charge in [-0.2, -0.15) is 11.8 Å². The molecule has 108 valence electrons. The third kappa shape index (κ3) is 7.04. The Bertz CT molecular complexity index is 184. The molecule has 0 radical (unpaired) electrons. The third-order valence-electron chi connectivity index (χ3n) is 4.19. The molecule has 0 saturated heterocycles. The lowest BCUT2D eigenvalue weighted by molar-refractivity contribution is 0.380. The number of thioether (sulfide) groups is 1. The highest BCUT2D eigenvalue weighted by atomic mass is 32.2. The summed E-state index contributed by atoms with van der Waals surface area (Å²) in [6.07, 6.45) is 17.9. The molecule has 0 aromatic rings. The lowest BCUT2D eigenvalue weighted by atomic mass is 9.95. The van der Waals surface area contributed by atoms with E-state index < -0.39 is 0 Å². The summed E-state index contributed by atoms with van der Waals surface area (Å²) in [5.74, 6) is 0. The first-order chi connectivity index (χ1) is 8.88. The van der Waals surface area contributed by atoms with Gasteiger partial charge in [-0.25, -0.2) is 0 Å². The molecule has 2 heteroatoms. The molecule has 0 amide bonds. The molecule has 0 spiro atoms. The molecule has 2 atom stereocenters. The summed E-state index contributed by atoms with van der Waals surface area (Å²) < 4.78 is 0. The average molecular weight is 272 g/mol. The molecule has 0 bridgehead atoms. The molecule has 2 unspecified atom stereocenters. The van der Waals surface area contributed by atoms with Gasteiger partial charge in [0.15, 0.2) is 0 Å². The van der Waals surface area contributed by atoms with Crippen molar-refractivity contribution in [1.82, 2.24) is 5.32 Å². The molecule has 0 aromatic carbocycles. The van der Waals surface area contributed by atoms with E-state index in [1.54, 1.807) is 0 Å². The van der Waals surface area contributed by atoms with Crippen LogP contribution in [0.25, 0.3) is 0 Å². The molecular weight excluding hydrogens is 238 g/mol. The maximum absolute atomic E-state index is 3.80. The summed E-state index contributed by atoms with van der Waals surface area (Å²) in [5, 5.41) is 4.68. The van der Waals surface area contributed by atoms with Crippen LogP contribution in [0.2, 0.25) is 0 Å². The standard InChI is InChI=1S/C16H33NS/c1-3-4-5-6-7-8-11-14-17-15-12-9-10-13-16(15)18-2/h15-17H,3-14H2,1-2H3. The van der Waals surface area contributed by atoms with E-state index in [1.165, 1.54) is 77.2 Å². The minimum Gasteiger partial charge on any atom is -0.313 e. The Labute approximate surface area is 119 Å². The Morgan fingerprint density at radius 1 is 0.944 bits per heavy atom. The van der Waals surface area contributed by atoms with E-state index in [-0.39, 0.29) is 0 Å². The van der Waals surface area contributed by atoms with Crippen molar-refractivity contribution < 1.29 is 0 Å². The van der Waals surface area contributed by atoms with Crippen LogP contribution in [0.1, 0.15) is 77.6 Å². The van der Waals surface area contributed by atoms with Gasteiger partial charge in [-0.1, -0.05) is 58.3 Å². The maximum Gasteiger partial charge on any atom is 0.0198 e. The summed E-state index contributed by atoms with van der Waals surface area (Å²) in [4.78, 5) is 0. The van der Waals surface area contributed by atoms with Crippen LogP contribution in [-0.4, -0.2) is 24.1 Å². The predicted molar refractivity (Wildman–Crippen MR) is 85.6 cm³/mol. The molecule has 18 heavy (non-hydrogen) atoms. The molecule has 1 aliphatic carbocycles. The maximum atomic E-state index is 3.80. The van der Waals surface area contributed by atoms with E-state index in [9.17, 15) is 0 Å². The molecule has 1 aliphatic rings. The van der Waals surface area contributed by atoms with Gasteiger partial charge >= 0.3 is 0 Å². The molecule has 1 rings (SSSR count). The van der Waals surface area contributed by atoms with E-state index >= 15 is 0 Å². The van der Waals surface area contributed by atoms with Crippen molar-refractivity contribution in [3.05, 3.63) is 0 Å². The minimum absolute atomic E-state index is 0.800. The molecule has 0 heterocycles. The summed E-state index contributed by atoms with van der Waals surface area (Å²) in [6, 6.07) is 0.800. The van der Waals surface area contributed by atoms with E-state index in [4.69, 9.17) is 0 Å². The number of rotatable bonds is 10. The van der Waals surface area contributed by atoms with Crippen LogP contribution in [0.15, 0.2) is 0 Å². The second-order valence-corrected chi connectivity index (χ2v) is 6.82.